The van der Waals surface area contributed by atoms with Gasteiger partial charge in [0.25, 0.3) is 0 Å². The van der Waals surface area contributed by atoms with E-state index in [4.69, 9.17) is 9.47 Å². The van der Waals surface area contributed by atoms with E-state index in [1.165, 1.54) is 10.4 Å². The van der Waals surface area contributed by atoms with Gasteiger partial charge in [0, 0.05) is 30.8 Å². The first-order valence-electron chi connectivity index (χ1n) is 8.94. The summed E-state index contributed by atoms with van der Waals surface area (Å²) in [5.41, 5.74) is 2.23. The Balaban J connectivity index is 1.47. The summed E-state index contributed by atoms with van der Waals surface area (Å²) in [6.07, 6.45) is 3.40. The van der Waals surface area contributed by atoms with Crippen molar-refractivity contribution in [2.75, 3.05) is 25.6 Å². The molecule has 0 saturated heterocycles. The third kappa shape index (κ3) is 4.27. The highest BCUT2D eigenvalue weighted by Gasteiger charge is 2.10. The fourth-order valence-corrected chi connectivity index (χ4v) is 3.76. The van der Waals surface area contributed by atoms with E-state index in [1.807, 2.05) is 30.3 Å². The Bertz CT molecular complexity index is 1040. The molecule has 0 unspecified atom stereocenters. The van der Waals surface area contributed by atoms with Crippen molar-refractivity contribution in [1.82, 2.24) is 15.0 Å². The van der Waals surface area contributed by atoms with Crippen molar-refractivity contribution in [3.63, 3.8) is 0 Å². The van der Waals surface area contributed by atoms with Crippen LogP contribution in [0, 0.1) is 0 Å². The molecule has 142 valence electrons. The van der Waals surface area contributed by atoms with Crippen molar-refractivity contribution in [3.05, 3.63) is 66.6 Å². The number of aromatic nitrogens is 3. The van der Waals surface area contributed by atoms with Crippen LogP contribution in [0.25, 0.3) is 20.7 Å². The number of nitrogens with zero attached hydrogens (tertiary/aromatic N) is 3. The lowest BCUT2D eigenvalue weighted by Crippen LogP contribution is -2.06. The van der Waals surface area contributed by atoms with Crippen LogP contribution in [0.3, 0.4) is 0 Å². The molecule has 1 aromatic carbocycles. The Morgan fingerprint density at radius 1 is 1.00 bits per heavy atom. The first kappa shape index (κ1) is 18.3. The van der Waals surface area contributed by atoms with Gasteiger partial charge in [-0.05, 0) is 17.2 Å². The molecule has 0 atom stereocenters. The number of anilines is 1. The van der Waals surface area contributed by atoms with Gasteiger partial charge in [-0.1, -0.05) is 36.4 Å². The lowest BCUT2D eigenvalue weighted by molar-refractivity contribution is 0.143. The predicted molar refractivity (Wildman–Crippen MR) is 112 cm³/mol. The van der Waals surface area contributed by atoms with E-state index < -0.39 is 0 Å². The molecule has 3 heterocycles. The Morgan fingerprint density at radius 2 is 1.89 bits per heavy atom. The van der Waals surface area contributed by atoms with Gasteiger partial charge in [-0.3, -0.25) is 0 Å². The van der Waals surface area contributed by atoms with Gasteiger partial charge in [-0.2, -0.15) is 0 Å². The molecule has 4 aromatic rings. The number of pyridine rings is 1. The minimum absolute atomic E-state index is 0.488. The summed E-state index contributed by atoms with van der Waals surface area (Å²) in [7, 11) is 1.64. The molecule has 28 heavy (non-hydrogen) atoms. The molecule has 6 nitrogen and oxygen atoms in total. The Kier molecular flexibility index (Phi) is 5.75. The number of ether oxygens (including phenoxy) is 2. The van der Waals surface area contributed by atoms with Crippen LogP contribution in [-0.4, -0.2) is 35.3 Å². The summed E-state index contributed by atoms with van der Waals surface area (Å²) >= 11 is 1.67. The lowest BCUT2D eigenvalue weighted by Gasteiger charge is -2.08. The number of methoxy groups -OCH3 is 1. The summed E-state index contributed by atoms with van der Waals surface area (Å²) < 4.78 is 10.5. The molecule has 0 fully saturated rings. The smallest absolute Gasteiger partial charge is 0.213 e. The molecule has 0 saturated carbocycles. The number of thiophene rings is 1. The SMILES string of the molecule is COCCOc1ccc(CNc2ncnc3sc(-c4ccccc4)cc23)cn1. The van der Waals surface area contributed by atoms with Crippen molar-refractivity contribution in [2.45, 2.75) is 6.54 Å². The number of hydrogen-bond acceptors (Lipinski definition) is 7. The largest absolute Gasteiger partial charge is 0.475 e. The van der Waals surface area contributed by atoms with E-state index in [9.17, 15) is 0 Å². The molecule has 3 aromatic heterocycles. The molecule has 1 N–H and O–H groups in total. The fourth-order valence-electron chi connectivity index (χ4n) is 2.76. The number of nitrogens with one attached hydrogen (secondary N) is 1. The van der Waals surface area contributed by atoms with E-state index in [2.05, 4.69) is 38.5 Å². The zero-order valence-corrected chi connectivity index (χ0v) is 16.3. The van der Waals surface area contributed by atoms with E-state index in [-0.39, 0.29) is 0 Å². The number of rotatable bonds is 8. The quantitative estimate of drug-likeness (QED) is 0.449. The first-order chi connectivity index (χ1) is 13.8. The first-order valence-corrected chi connectivity index (χ1v) is 9.75. The Morgan fingerprint density at radius 3 is 2.68 bits per heavy atom. The van der Waals surface area contributed by atoms with Gasteiger partial charge in [-0.25, -0.2) is 15.0 Å². The van der Waals surface area contributed by atoms with Gasteiger partial charge in [-0.15, -0.1) is 11.3 Å². The van der Waals surface area contributed by atoms with Crippen LogP contribution in [0.4, 0.5) is 5.82 Å². The average molecular weight is 392 g/mol. The molecule has 4 rings (SSSR count). The summed E-state index contributed by atoms with van der Waals surface area (Å²) in [5.74, 6) is 1.42. The van der Waals surface area contributed by atoms with Crippen LogP contribution in [0.2, 0.25) is 0 Å². The second-order valence-corrected chi connectivity index (χ2v) is 7.15. The summed E-state index contributed by atoms with van der Waals surface area (Å²) in [4.78, 5) is 15.3. The third-order valence-electron chi connectivity index (χ3n) is 4.18. The van der Waals surface area contributed by atoms with Crippen molar-refractivity contribution >= 4 is 27.4 Å². The van der Waals surface area contributed by atoms with Crippen LogP contribution >= 0.6 is 11.3 Å². The second kappa shape index (κ2) is 8.77. The molecule has 0 radical (unpaired) electrons. The van der Waals surface area contributed by atoms with E-state index in [1.54, 1.807) is 31.0 Å². The van der Waals surface area contributed by atoms with Gasteiger partial charge < -0.3 is 14.8 Å². The second-order valence-electron chi connectivity index (χ2n) is 6.12. The molecule has 0 aliphatic heterocycles. The monoisotopic (exact) mass is 392 g/mol. The topological polar surface area (TPSA) is 69.2 Å². The van der Waals surface area contributed by atoms with Crippen molar-refractivity contribution in [3.8, 4) is 16.3 Å². The Hall–Kier alpha value is -3.03. The Labute approximate surface area is 167 Å². The summed E-state index contributed by atoms with van der Waals surface area (Å²) in [6.45, 7) is 1.65. The third-order valence-corrected chi connectivity index (χ3v) is 5.27. The van der Waals surface area contributed by atoms with Crippen LogP contribution in [0.1, 0.15) is 5.56 Å². The van der Waals surface area contributed by atoms with Crippen LogP contribution in [0.5, 0.6) is 5.88 Å². The molecule has 0 spiro atoms. The number of benzene rings is 1. The van der Waals surface area contributed by atoms with E-state index in [0.29, 0.717) is 25.6 Å². The summed E-state index contributed by atoms with van der Waals surface area (Å²) in [6, 6.07) is 16.3. The minimum Gasteiger partial charge on any atom is -0.475 e. The predicted octanol–water partition coefficient (Wildman–Crippen LogP) is 4.39. The molecular formula is C21H20N4O2S. The number of fused-ring (bicyclic) bond motifs is 1. The number of hydrogen-bond donors (Lipinski definition) is 1. The molecule has 0 aliphatic carbocycles. The van der Waals surface area contributed by atoms with E-state index >= 15 is 0 Å². The average Bonchev–Trinajstić information content (AvgIpc) is 3.19. The molecular weight excluding hydrogens is 372 g/mol. The zero-order chi connectivity index (χ0) is 19.2. The minimum atomic E-state index is 0.488. The highest BCUT2D eigenvalue weighted by Crippen LogP contribution is 2.34. The normalized spacial score (nSPS) is 10.9. The van der Waals surface area contributed by atoms with Crippen LogP contribution < -0.4 is 10.1 Å². The van der Waals surface area contributed by atoms with Gasteiger partial charge in [0.2, 0.25) is 5.88 Å². The van der Waals surface area contributed by atoms with Gasteiger partial charge in [0.1, 0.15) is 23.6 Å². The highest BCUT2D eigenvalue weighted by atomic mass is 32.1. The zero-order valence-electron chi connectivity index (χ0n) is 15.5. The lowest BCUT2D eigenvalue weighted by atomic mass is 10.2. The molecule has 7 heteroatoms. The van der Waals surface area contributed by atoms with Crippen LogP contribution in [0.15, 0.2) is 61.1 Å². The van der Waals surface area contributed by atoms with E-state index in [0.717, 1.165) is 21.6 Å². The fraction of sp³-hybridized carbons (Fsp3) is 0.190. The van der Waals surface area contributed by atoms with Gasteiger partial charge in [0.15, 0.2) is 0 Å². The van der Waals surface area contributed by atoms with Gasteiger partial charge in [0.05, 0.1) is 12.0 Å². The maximum Gasteiger partial charge on any atom is 0.213 e. The standard InChI is InChI=1S/C21H20N4O2S/c1-26-9-10-27-19-8-7-15(12-22-19)13-23-20-17-11-18(16-5-3-2-4-6-16)28-21(17)25-14-24-20/h2-8,11-12,14H,9-10,13H2,1H3,(H,23,24,25). The maximum absolute atomic E-state index is 5.49. The highest BCUT2D eigenvalue weighted by molar-refractivity contribution is 7.21. The van der Waals surface area contributed by atoms with Crippen molar-refractivity contribution < 1.29 is 9.47 Å². The molecule has 0 amide bonds. The van der Waals surface area contributed by atoms with Gasteiger partial charge >= 0.3 is 0 Å². The molecule has 0 bridgehead atoms. The van der Waals surface area contributed by atoms with Crippen molar-refractivity contribution in [1.29, 1.82) is 0 Å². The molecule has 0 aliphatic rings. The van der Waals surface area contributed by atoms with Crippen LogP contribution in [-0.2, 0) is 11.3 Å². The van der Waals surface area contributed by atoms with Crippen molar-refractivity contribution in [2.24, 2.45) is 0 Å². The maximum atomic E-state index is 5.49. The summed E-state index contributed by atoms with van der Waals surface area (Å²) in [5, 5.41) is 4.42.